The summed E-state index contributed by atoms with van der Waals surface area (Å²) in [5, 5.41) is 6.99. The van der Waals surface area contributed by atoms with E-state index in [0.717, 1.165) is 0 Å². The van der Waals surface area contributed by atoms with Crippen molar-refractivity contribution >= 4 is 17.8 Å². The second-order valence-corrected chi connectivity index (χ2v) is 2.04. The average molecular weight is 142 g/mol. The third-order valence-electron chi connectivity index (χ3n) is 1.04. The molecule has 0 aliphatic rings. The Morgan fingerprint density at radius 3 is 2.60 bits per heavy atom. The van der Waals surface area contributed by atoms with Crippen LogP contribution in [-0.4, -0.2) is 23.8 Å². The summed E-state index contributed by atoms with van der Waals surface area (Å²) < 4.78 is 0. The third kappa shape index (κ3) is 3.09. The summed E-state index contributed by atoms with van der Waals surface area (Å²) in [5.41, 5.74) is 5.05. The number of carbonyl (C=O) groups excluding carboxylic acids is 2. The molecule has 0 heterocycles. The minimum Gasteiger partial charge on any atom is -0.321 e. The quantitative estimate of drug-likeness (QED) is 0.410. The molecule has 0 radical (unpaired) electrons. The van der Waals surface area contributed by atoms with Gasteiger partial charge in [-0.15, -0.1) is 0 Å². The molecule has 4 nitrogen and oxygen atoms in total. The van der Waals surface area contributed by atoms with Gasteiger partial charge in [0.1, 0.15) is 6.29 Å². The highest BCUT2D eigenvalue weighted by molar-refractivity contribution is 6.37. The van der Waals surface area contributed by atoms with E-state index in [2.05, 4.69) is 0 Å². The van der Waals surface area contributed by atoms with Gasteiger partial charge in [0.2, 0.25) is 0 Å². The Labute approximate surface area is 58.9 Å². The van der Waals surface area contributed by atoms with Crippen molar-refractivity contribution in [3.05, 3.63) is 0 Å². The Bertz CT molecular complexity index is 165. The van der Waals surface area contributed by atoms with Gasteiger partial charge in [-0.3, -0.25) is 4.79 Å². The van der Waals surface area contributed by atoms with Crippen molar-refractivity contribution in [2.45, 2.75) is 19.4 Å². The van der Waals surface area contributed by atoms with E-state index < -0.39 is 6.04 Å². The fraction of sp³-hybridized carbons (Fsp3) is 0.500. The summed E-state index contributed by atoms with van der Waals surface area (Å²) in [6.07, 6.45) is 0.566. The predicted octanol–water partition coefficient (Wildman–Crippen LogP) is -0.489. The molecule has 3 N–H and O–H groups in total. The van der Waals surface area contributed by atoms with Crippen LogP contribution >= 0.6 is 0 Å². The van der Waals surface area contributed by atoms with E-state index >= 15 is 0 Å². The molecule has 0 fully saturated rings. The molecule has 0 saturated carbocycles. The lowest BCUT2D eigenvalue weighted by Gasteiger charge is -2.00. The smallest absolute Gasteiger partial charge is 0.173 e. The van der Waals surface area contributed by atoms with Gasteiger partial charge in [-0.05, 0) is 0 Å². The van der Waals surface area contributed by atoms with E-state index in [1.165, 1.54) is 6.92 Å². The fourth-order valence-electron chi connectivity index (χ4n) is 0.428. The fourth-order valence-corrected chi connectivity index (χ4v) is 0.428. The summed E-state index contributed by atoms with van der Waals surface area (Å²) in [6, 6.07) is -0.712. The van der Waals surface area contributed by atoms with Crippen molar-refractivity contribution < 1.29 is 9.59 Å². The van der Waals surface area contributed by atoms with Gasteiger partial charge in [-0.2, -0.15) is 0 Å². The first-order valence-electron chi connectivity index (χ1n) is 2.87. The summed E-state index contributed by atoms with van der Waals surface area (Å²) in [6.45, 7) is 1.28. The van der Waals surface area contributed by atoms with Crippen LogP contribution in [0.25, 0.3) is 0 Å². The Morgan fingerprint density at radius 2 is 2.30 bits per heavy atom. The minimum absolute atomic E-state index is 0.0405. The first-order chi connectivity index (χ1) is 4.57. The van der Waals surface area contributed by atoms with Crippen LogP contribution in [0.1, 0.15) is 13.3 Å². The zero-order valence-electron chi connectivity index (χ0n) is 5.76. The molecule has 0 saturated heterocycles. The Morgan fingerprint density at radius 1 is 1.80 bits per heavy atom. The highest BCUT2D eigenvalue weighted by atomic mass is 16.1. The van der Waals surface area contributed by atoms with Crippen molar-refractivity contribution in [3.63, 3.8) is 0 Å². The van der Waals surface area contributed by atoms with Gasteiger partial charge in [-0.25, -0.2) is 0 Å². The Kier molecular flexibility index (Phi) is 3.49. The monoisotopic (exact) mass is 142 g/mol. The molecule has 0 aromatic carbocycles. The molecule has 1 unspecified atom stereocenters. The van der Waals surface area contributed by atoms with E-state index in [1.54, 1.807) is 0 Å². The van der Waals surface area contributed by atoms with Gasteiger partial charge in [0.05, 0.1) is 11.8 Å². The van der Waals surface area contributed by atoms with Crippen molar-refractivity contribution in [1.29, 1.82) is 5.41 Å². The van der Waals surface area contributed by atoms with E-state index in [0.29, 0.717) is 6.29 Å². The van der Waals surface area contributed by atoms with Crippen LogP contribution in [-0.2, 0) is 9.59 Å². The van der Waals surface area contributed by atoms with Crippen molar-refractivity contribution in [1.82, 2.24) is 0 Å². The third-order valence-corrected chi connectivity index (χ3v) is 1.04. The van der Waals surface area contributed by atoms with Crippen LogP contribution in [0.4, 0.5) is 0 Å². The Balaban J connectivity index is 3.79. The summed E-state index contributed by atoms with van der Waals surface area (Å²) in [7, 11) is 0. The SMILES string of the molecule is CC(=O)C(=N)CC(N)C=O. The number of aldehydes is 1. The maximum absolute atomic E-state index is 10.4. The predicted molar refractivity (Wildman–Crippen MR) is 37.1 cm³/mol. The summed E-state index contributed by atoms with van der Waals surface area (Å²) in [4.78, 5) is 20.3. The number of nitrogens with one attached hydrogen (secondary N) is 1. The zero-order valence-corrected chi connectivity index (χ0v) is 5.76. The van der Waals surface area contributed by atoms with Crippen LogP contribution in [0.2, 0.25) is 0 Å². The van der Waals surface area contributed by atoms with Crippen LogP contribution in [0.15, 0.2) is 0 Å². The highest BCUT2D eigenvalue weighted by Crippen LogP contribution is 1.88. The van der Waals surface area contributed by atoms with Crippen molar-refractivity contribution in [2.24, 2.45) is 5.73 Å². The summed E-state index contributed by atoms with van der Waals surface area (Å²) >= 11 is 0. The second-order valence-electron chi connectivity index (χ2n) is 2.04. The van der Waals surface area contributed by atoms with E-state index in [-0.39, 0.29) is 17.9 Å². The molecule has 0 aliphatic heterocycles. The molecule has 0 bridgehead atoms. The number of hydrogen-bond donors (Lipinski definition) is 2. The van der Waals surface area contributed by atoms with Gasteiger partial charge in [-0.1, -0.05) is 0 Å². The lowest BCUT2D eigenvalue weighted by atomic mass is 10.1. The van der Waals surface area contributed by atoms with Gasteiger partial charge >= 0.3 is 0 Å². The average Bonchev–Trinajstić information content (AvgIpc) is 1.87. The Hall–Kier alpha value is -1.03. The van der Waals surface area contributed by atoms with Crippen molar-refractivity contribution in [2.75, 3.05) is 0 Å². The molecule has 56 valence electrons. The van der Waals surface area contributed by atoms with Gasteiger partial charge < -0.3 is 15.9 Å². The molecule has 1 atom stereocenters. The van der Waals surface area contributed by atoms with Crippen LogP contribution in [0.5, 0.6) is 0 Å². The molecule has 0 aromatic heterocycles. The first-order valence-corrected chi connectivity index (χ1v) is 2.87. The van der Waals surface area contributed by atoms with E-state index in [9.17, 15) is 9.59 Å². The maximum atomic E-state index is 10.4. The standard InChI is InChI=1S/C6H10N2O2/c1-4(10)6(8)2-5(7)3-9/h3,5,8H,2,7H2,1H3. The van der Waals surface area contributed by atoms with E-state index in [1.807, 2.05) is 0 Å². The topological polar surface area (TPSA) is 84.0 Å². The molecule has 10 heavy (non-hydrogen) atoms. The lowest BCUT2D eigenvalue weighted by molar-refractivity contribution is -0.111. The van der Waals surface area contributed by atoms with E-state index in [4.69, 9.17) is 11.1 Å². The normalized spacial score (nSPS) is 12.2. The number of nitrogens with two attached hydrogens (primary N) is 1. The number of hydrogen-bond acceptors (Lipinski definition) is 4. The van der Waals surface area contributed by atoms with Crippen LogP contribution in [0, 0.1) is 5.41 Å². The minimum atomic E-state index is -0.712. The largest absolute Gasteiger partial charge is 0.321 e. The van der Waals surface area contributed by atoms with Crippen molar-refractivity contribution in [3.8, 4) is 0 Å². The number of carbonyl (C=O) groups is 2. The summed E-state index contributed by atoms with van der Waals surface area (Å²) in [5.74, 6) is -0.336. The number of Topliss-reactive ketones (excluding diaryl/α,β-unsaturated/α-hetero) is 1. The van der Waals surface area contributed by atoms with Gasteiger partial charge in [0, 0.05) is 13.3 Å². The number of rotatable bonds is 4. The molecular formula is C6H10N2O2. The second kappa shape index (κ2) is 3.90. The highest BCUT2D eigenvalue weighted by Gasteiger charge is 2.07. The first kappa shape index (κ1) is 8.97. The van der Waals surface area contributed by atoms with Gasteiger partial charge in [0.25, 0.3) is 0 Å². The molecule has 0 amide bonds. The molecule has 0 spiro atoms. The molecule has 0 rings (SSSR count). The van der Waals surface area contributed by atoms with Crippen LogP contribution < -0.4 is 5.73 Å². The molecule has 0 aliphatic carbocycles. The maximum Gasteiger partial charge on any atom is 0.173 e. The molecular weight excluding hydrogens is 132 g/mol. The molecule has 0 aromatic rings. The van der Waals surface area contributed by atoms with Crippen LogP contribution in [0.3, 0.4) is 0 Å². The number of ketones is 1. The van der Waals surface area contributed by atoms with Gasteiger partial charge in [0.15, 0.2) is 5.78 Å². The lowest BCUT2D eigenvalue weighted by Crippen LogP contribution is -2.27. The zero-order chi connectivity index (χ0) is 8.15. The molecule has 4 heteroatoms.